The fourth-order valence-electron chi connectivity index (χ4n) is 0.673. The monoisotopic (exact) mass is 210 g/mol. The molecular weight excluding hydrogens is 184 g/mol. The van der Waals surface area contributed by atoms with E-state index in [-0.39, 0.29) is 5.78 Å². The van der Waals surface area contributed by atoms with Crippen LogP contribution in [0, 0.1) is 0 Å². The maximum absolute atomic E-state index is 10.6. The van der Waals surface area contributed by atoms with Gasteiger partial charge in [0.25, 0.3) is 0 Å². The zero-order chi connectivity index (χ0) is 12.7. The summed E-state index contributed by atoms with van der Waals surface area (Å²) in [5.41, 5.74) is 0.775. The van der Waals surface area contributed by atoms with Gasteiger partial charge in [-0.1, -0.05) is 71.9 Å². The average molecular weight is 210 g/mol. The Labute approximate surface area is 95.5 Å². The van der Waals surface area contributed by atoms with Gasteiger partial charge in [-0.2, -0.15) is 0 Å². The van der Waals surface area contributed by atoms with Gasteiger partial charge in [-0.3, -0.25) is 4.79 Å². The summed E-state index contributed by atoms with van der Waals surface area (Å²) in [7, 11) is 0. The topological polar surface area (TPSA) is 17.1 Å². The van der Waals surface area contributed by atoms with E-state index in [0.717, 1.165) is 5.56 Å². The van der Waals surface area contributed by atoms with Gasteiger partial charge in [0.2, 0.25) is 0 Å². The molecule has 1 aromatic rings. The number of hydrogen-bond acceptors (Lipinski definition) is 1. The van der Waals surface area contributed by atoms with Crippen LogP contribution >= 0.6 is 0 Å². The lowest BCUT2D eigenvalue weighted by Gasteiger charge is -1.89. The smallest absolute Gasteiger partial charge is 0.159 e. The van der Waals surface area contributed by atoms with Crippen LogP contribution in [0.5, 0.6) is 0 Å². The fourth-order valence-corrected chi connectivity index (χ4v) is 0.673. The van der Waals surface area contributed by atoms with E-state index in [0.29, 0.717) is 0 Å². The number of Topliss-reactive ketones (excluding diaryl/α,β-unsaturated/α-hetero) is 1. The van der Waals surface area contributed by atoms with E-state index in [1.165, 1.54) is 0 Å². The molecule has 15 heavy (non-hydrogen) atoms. The minimum Gasteiger partial charge on any atom is -0.295 e. The minimum atomic E-state index is 0.121. The Morgan fingerprint density at radius 3 is 1.33 bits per heavy atom. The van der Waals surface area contributed by atoms with Crippen molar-refractivity contribution in [2.24, 2.45) is 0 Å². The lowest BCUT2D eigenvalue weighted by atomic mass is 10.2. The molecule has 0 atom stereocenters. The molecule has 0 aliphatic rings. The molecule has 0 aliphatic carbocycles. The SMILES string of the molecule is CC.CC.CC.CC(=O)c1ccccc1. The molecule has 0 bridgehead atoms. The minimum absolute atomic E-state index is 0.121. The van der Waals surface area contributed by atoms with Crippen LogP contribution in [0.25, 0.3) is 0 Å². The Morgan fingerprint density at radius 1 is 0.800 bits per heavy atom. The summed E-state index contributed by atoms with van der Waals surface area (Å²) in [4.78, 5) is 10.6. The van der Waals surface area contributed by atoms with E-state index in [4.69, 9.17) is 0 Å². The largest absolute Gasteiger partial charge is 0.295 e. The van der Waals surface area contributed by atoms with Gasteiger partial charge in [0.05, 0.1) is 0 Å². The molecule has 0 radical (unpaired) electrons. The third-order valence-corrected chi connectivity index (χ3v) is 1.18. The Kier molecular flexibility index (Phi) is 24.2. The second kappa shape index (κ2) is 18.6. The molecule has 0 aromatic heterocycles. The average Bonchev–Trinajstić information content (AvgIpc) is 2.38. The number of carbonyl (C=O) groups excluding carboxylic acids is 1. The van der Waals surface area contributed by atoms with Crippen molar-refractivity contribution in [3.05, 3.63) is 35.9 Å². The van der Waals surface area contributed by atoms with Crippen molar-refractivity contribution >= 4 is 5.78 Å². The van der Waals surface area contributed by atoms with E-state index in [9.17, 15) is 4.79 Å². The molecule has 1 rings (SSSR count). The van der Waals surface area contributed by atoms with Crippen molar-refractivity contribution in [2.75, 3.05) is 0 Å². The van der Waals surface area contributed by atoms with Crippen LogP contribution < -0.4 is 0 Å². The molecule has 0 saturated heterocycles. The Hall–Kier alpha value is -1.11. The molecule has 0 fully saturated rings. The van der Waals surface area contributed by atoms with Crippen molar-refractivity contribution in [3.8, 4) is 0 Å². The van der Waals surface area contributed by atoms with E-state index < -0.39 is 0 Å². The number of hydrogen-bond donors (Lipinski definition) is 0. The Morgan fingerprint density at radius 2 is 1.13 bits per heavy atom. The van der Waals surface area contributed by atoms with Crippen LogP contribution in [0.1, 0.15) is 58.8 Å². The van der Waals surface area contributed by atoms with E-state index in [1.54, 1.807) is 6.92 Å². The summed E-state index contributed by atoms with van der Waals surface area (Å²) in [6, 6.07) is 9.23. The molecule has 0 spiro atoms. The predicted octanol–water partition coefficient (Wildman–Crippen LogP) is 4.97. The molecule has 1 aromatic carbocycles. The number of ketones is 1. The number of rotatable bonds is 1. The van der Waals surface area contributed by atoms with Crippen molar-refractivity contribution < 1.29 is 4.79 Å². The summed E-state index contributed by atoms with van der Waals surface area (Å²) in [5.74, 6) is 0.121. The first-order valence-corrected chi connectivity index (χ1v) is 5.86. The normalized spacial score (nSPS) is 6.60. The van der Waals surface area contributed by atoms with E-state index in [2.05, 4.69) is 0 Å². The van der Waals surface area contributed by atoms with Gasteiger partial charge in [0.1, 0.15) is 0 Å². The second-order valence-electron chi connectivity index (χ2n) is 1.92. The summed E-state index contributed by atoms with van der Waals surface area (Å²) >= 11 is 0. The van der Waals surface area contributed by atoms with Gasteiger partial charge < -0.3 is 0 Å². The summed E-state index contributed by atoms with van der Waals surface area (Å²) in [6.07, 6.45) is 0. The zero-order valence-electron chi connectivity index (χ0n) is 11.3. The van der Waals surface area contributed by atoms with Gasteiger partial charge in [0, 0.05) is 5.56 Å². The van der Waals surface area contributed by atoms with Gasteiger partial charge in [-0.25, -0.2) is 0 Å². The van der Waals surface area contributed by atoms with Gasteiger partial charge in [0.15, 0.2) is 5.78 Å². The van der Waals surface area contributed by atoms with E-state index in [1.807, 2.05) is 71.9 Å². The van der Waals surface area contributed by atoms with Crippen molar-refractivity contribution in [1.29, 1.82) is 0 Å². The van der Waals surface area contributed by atoms with Crippen LogP contribution in [0.2, 0.25) is 0 Å². The molecule has 0 unspecified atom stereocenters. The van der Waals surface area contributed by atoms with E-state index >= 15 is 0 Å². The highest BCUT2D eigenvalue weighted by Crippen LogP contribution is 1.97. The molecule has 0 N–H and O–H groups in total. The van der Waals surface area contributed by atoms with Crippen molar-refractivity contribution in [1.82, 2.24) is 0 Å². The van der Waals surface area contributed by atoms with Gasteiger partial charge >= 0.3 is 0 Å². The summed E-state index contributed by atoms with van der Waals surface area (Å²) in [6.45, 7) is 13.6. The number of benzene rings is 1. The summed E-state index contributed by atoms with van der Waals surface area (Å²) < 4.78 is 0. The Bertz CT molecular complexity index is 202. The van der Waals surface area contributed by atoms with Crippen LogP contribution in [0.15, 0.2) is 30.3 Å². The lowest BCUT2D eigenvalue weighted by Crippen LogP contribution is -1.88. The maximum atomic E-state index is 10.6. The molecular formula is C14H26O. The molecule has 0 heterocycles. The van der Waals surface area contributed by atoms with Crippen molar-refractivity contribution in [3.63, 3.8) is 0 Å². The molecule has 1 nitrogen and oxygen atoms in total. The fraction of sp³-hybridized carbons (Fsp3) is 0.500. The quantitative estimate of drug-likeness (QED) is 0.598. The van der Waals surface area contributed by atoms with Crippen LogP contribution in [0.4, 0.5) is 0 Å². The van der Waals surface area contributed by atoms with Crippen LogP contribution in [0.3, 0.4) is 0 Å². The van der Waals surface area contributed by atoms with Gasteiger partial charge in [-0.05, 0) is 6.92 Å². The third kappa shape index (κ3) is 12.9. The predicted molar refractivity (Wildman–Crippen MR) is 70.5 cm³/mol. The Balaban J connectivity index is -0.000000208. The molecule has 88 valence electrons. The summed E-state index contributed by atoms with van der Waals surface area (Å²) in [5, 5.41) is 0. The van der Waals surface area contributed by atoms with Gasteiger partial charge in [-0.15, -0.1) is 0 Å². The molecule has 1 heteroatoms. The second-order valence-corrected chi connectivity index (χ2v) is 1.92. The highest BCUT2D eigenvalue weighted by Gasteiger charge is 1.92. The zero-order valence-corrected chi connectivity index (χ0v) is 11.3. The first-order valence-electron chi connectivity index (χ1n) is 5.86. The highest BCUT2D eigenvalue weighted by atomic mass is 16.1. The van der Waals surface area contributed by atoms with Crippen LogP contribution in [-0.2, 0) is 0 Å². The maximum Gasteiger partial charge on any atom is 0.159 e. The highest BCUT2D eigenvalue weighted by molar-refractivity contribution is 5.93. The standard InChI is InChI=1S/C8H8O.3C2H6/c1-7(9)8-5-3-2-4-6-8;3*1-2/h2-6H,1H3;3*1-2H3. The first-order chi connectivity index (χ1) is 7.30. The third-order valence-electron chi connectivity index (χ3n) is 1.18. The molecule has 0 aliphatic heterocycles. The molecule has 0 amide bonds. The first kappa shape index (κ1) is 19.5. The van der Waals surface area contributed by atoms with Crippen molar-refractivity contribution in [2.45, 2.75) is 48.5 Å². The lowest BCUT2D eigenvalue weighted by molar-refractivity contribution is 0.101. The number of carbonyl (C=O) groups is 1. The van der Waals surface area contributed by atoms with Crippen LogP contribution in [-0.4, -0.2) is 5.78 Å². The molecule has 0 saturated carbocycles.